The van der Waals surface area contributed by atoms with Crippen LogP contribution >= 0.6 is 11.3 Å². The number of likely N-dealkylation sites (N-methyl/N-ethyl adjacent to an activating group) is 1. The highest BCUT2D eigenvalue weighted by molar-refractivity contribution is 7.07. The predicted octanol–water partition coefficient (Wildman–Crippen LogP) is 4.58. The lowest BCUT2D eigenvalue weighted by molar-refractivity contribution is -0.127. The second kappa shape index (κ2) is 11.1. The fraction of sp³-hybridized carbons (Fsp3) is 0.281. The van der Waals surface area contributed by atoms with Crippen LogP contribution in [0.1, 0.15) is 43.5 Å². The van der Waals surface area contributed by atoms with E-state index in [4.69, 9.17) is 14.5 Å². The fourth-order valence-electron chi connectivity index (χ4n) is 5.36. The number of nitrogens with zero attached hydrogens (tertiary/aromatic N) is 3. The smallest absolute Gasteiger partial charge is 0.271 e. The molecular weight excluding hydrogens is 522 g/mol. The molecule has 1 atom stereocenters. The van der Waals surface area contributed by atoms with E-state index in [0.29, 0.717) is 39.4 Å². The maximum absolute atomic E-state index is 14.2. The minimum Gasteiger partial charge on any atom is -0.496 e. The van der Waals surface area contributed by atoms with Gasteiger partial charge in [-0.3, -0.25) is 14.2 Å². The summed E-state index contributed by atoms with van der Waals surface area (Å²) < 4.78 is 13.5. The van der Waals surface area contributed by atoms with Crippen molar-refractivity contribution in [1.82, 2.24) is 9.47 Å². The van der Waals surface area contributed by atoms with Crippen molar-refractivity contribution in [3.8, 4) is 11.5 Å². The largest absolute Gasteiger partial charge is 0.496 e. The van der Waals surface area contributed by atoms with Gasteiger partial charge in [-0.2, -0.15) is 0 Å². The van der Waals surface area contributed by atoms with Gasteiger partial charge in [-0.1, -0.05) is 53.8 Å². The SMILES string of the molecule is CCN(CC)C(=O)C1=C(C)N=c2s/c(=C/c3ccc(C)c(OC)c3)c(=O)n2[C@@H]1c1c(OC)ccc2ccccc12. The van der Waals surface area contributed by atoms with Crippen molar-refractivity contribution >= 4 is 34.1 Å². The Hall–Kier alpha value is -4.17. The van der Waals surface area contributed by atoms with Crippen molar-refractivity contribution in [1.29, 1.82) is 0 Å². The standard InChI is InChI=1S/C32H33N3O4S/c1-7-34(8-2)31(37)27-20(4)33-32-35(29(27)28-23-12-10-9-11-22(23)15-16-24(28)38-5)30(36)26(40-32)18-21-14-13-19(3)25(17-21)39-6/h9-18,29H,7-8H2,1-6H3/b26-18+/t29-/m0/s1. The third-order valence-corrected chi connectivity index (χ3v) is 8.44. The van der Waals surface area contributed by atoms with Gasteiger partial charge in [0.1, 0.15) is 17.5 Å². The third-order valence-electron chi connectivity index (χ3n) is 7.46. The average Bonchev–Trinajstić information content (AvgIpc) is 3.27. The van der Waals surface area contributed by atoms with Crippen molar-refractivity contribution in [3.05, 3.63) is 102 Å². The van der Waals surface area contributed by atoms with Crippen LogP contribution in [0.5, 0.6) is 11.5 Å². The molecular formula is C32H33N3O4S. The number of amides is 1. The number of thiazole rings is 1. The molecule has 1 aliphatic heterocycles. The lowest BCUT2D eigenvalue weighted by atomic mass is 9.90. The quantitative estimate of drug-likeness (QED) is 0.335. The first kappa shape index (κ1) is 27.4. The number of aryl methyl sites for hydroxylation is 1. The van der Waals surface area contributed by atoms with Gasteiger partial charge in [-0.05, 0) is 67.8 Å². The molecule has 7 nitrogen and oxygen atoms in total. The topological polar surface area (TPSA) is 73.1 Å². The first-order chi connectivity index (χ1) is 19.3. The van der Waals surface area contributed by atoms with Crippen LogP contribution in [0.25, 0.3) is 16.8 Å². The van der Waals surface area contributed by atoms with Crippen LogP contribution in [0.15, 0.2) is 75.7 Å². The molecule has 40 heavy (non-hydrogen) atoms. The number of hydrogen-bond acceptors (Lipinski definition) is 6. The number of fused-ring (bicyclic) bond motifs is 2. The molecule has 0 saturated carbocycles. The second-order valence-corrected chi connectivity index (χ2v) is 10.7. The number of hydrogen-bond donors (Lipinski definition) is 0. The number of rotatable bonds is 7. The molecule has 5 rings (SSSR count). The van der Waals surface area contributed by atoms with Gasteiger partial charge in [-0.25, -0.2) is 4.99 Å². The number of ether oxygens (including phenoxy) is 2. The van der Waals surface area contributed by atoms with Crippen LogP contribution in [0.3, 0.4) is 0 Å². The molecule has 0 unspecified atom stereocenters. The Balaban J connectivity index is 1.84. The van der Waals surface area contributed by atoms with E-state index >= 15 is 0 Å². The minimum absolute atomic E-state index is 0.135. The number of allylic oxidation sites excluding steroid dienone is 1. The highest BCUT2D eigenvalue weighted by Gasteiger charge is 2.36. The summed E-state index contributed by atoms with van der Waals surface area (Å²) in [6.07, 6.45) is 1.86. The predicted molar refractivity (Wildman–Crippen MR) is 160 cm³/mol. The van der Waals surface area contributed by atoms with Crippen LogP contribution in [-0.4, -0.2) is 42.7 Å². The molecule has 8 heteroatoms. The summed E-state index contributed by atoms with van der Waals surface area (Å²) in [6.45, 7) is 8.83. The summed E-state index contributed by atoms with van der Waals surface area (Å²) in [4.78, 5) is 35.4. The van der Waals surface area contributed by atoms with Gasteiger partial charge in [0, 0.05) is 18.7 Å². The molecule has 0 aliphatic carbocycles. The van der Waals surface area contributed by atoms with Crippen molar-refractivity contribution in [2.45, 2.75) is 33.7 Å². The van der Waals surface area contributed by atoms with Crippen LogP contribution in [0, 0.1) is 6.92 Å². The van der Waals surface area contributed by atoms with Gasteiger partial charge in [-0.15, -0.1) is 0 Å². The van der Waals surface area contributed by atoms with Gasteiger partial charge in [0.2, 0.25) is 0 Å². The maximum atomic E-state index is 14.2. The zero-order valence-electron chi connectivity index (χ0n) is 23.6. The van der Waals surface area contributed by atoms with Crippen molar-refractivity contribution in [2.75, 3.05) is 27.3 Å². The number of carbonyl (C=O) groups excluding carboxylic acids is 1. The van der Waals surface area contributed by atoms with Crippen LogP contribution in [0.2, 0.25) is 0 Å². The Morgan fingerprint density at radius 3 is 2.45 bits per heavy atom. The first-order valence-corrected chi connectivity index (χ1v) is 14.2. The molecule has 206 valence electrons. The maximum Gasteiger partial charge on any atom is 0.271 e. The van der Waals surface area contributed by atoms with E-state index in [-0.39, 0.29) is 11.5 Å². The molecule has 3 aromatic carbocycles. The molecule has 0 bridgehead atoms. The van der Waals surface area contributed by atoms with Crippen molar-refractivity contribution < 1.29 is 14.3 Å². The summed E-state index contributed by atoms with van der Waals surface area (Å²) in [7, 11) is 3.25. The Morgan fingerprint density at radius 1 is 1.02 bits per heavy atom. The lowest BCUT2D eigenvalue weighted by Crippen LogP contribution is -2.43. The lowest BCUT2D eigenvalue weighted by Gasteiger charge is -2.30. The normalized spacial score (nSPS) is 15.2. The van der Waals surface area contributed by atoms with E-state index < -0.39 is 6.04 Å². The highest BCUT2D eigenvalue weighted by atomic mass is 32.1. The Bertz CT molecular complexity index is 1830. The minimum atomic E-state index is -0.708. The first-order valence-electron chi connectivity index (χ1n) is 13.3. The highest BCUT2D eigenvalue weighted by Crippen LogP contribution is 2.40. The van der Waals surface area contributed by atoms with E-state index in [1.54, 1.807) is 23.7 Å². The molecule has 0 N–H and O–H groups in total. The summed E-state index contributed by atoms with van der Waals surface area (Å²) in [5.41, 5.74) is 3.51. The van der Waals surface area contributed by atoms with Crippen LogP contribution in [0.4, 0.5) is 0 Å². The summed E-state index contributed by atoms with van der Waals surface area (Å²) in [5.74, 6) is 1.23. The molecule has 4 aromatic rings. The Labute approximate surface area is 237 Å². The van der Waals surface area contributed by atoms with E-state index in [1.165, 1.54) is 11.3 Å². The molecule has 0 spiro atoms. The van der Waals surface area contributed by atoms with E-state index in [0.717, 1.165) is 33.2 Å². The molecule has 0 radical (unpaired) electrons. The van der Waals surface area contributed by atoms with Crippen molar-refractivity contribution in [2.24, 2.45) is 4.99 Å². The molecule has 1 amide bonds. The molecule has 1 aliphatic rings. The second-order valence-electron chi connectivity index (χ2n) is 9.69. The molecule has 1 aromatic heterocycles. The van der Waals surface area contributed by atoms with E-state index in [2.05, 4.69) is 0 Å². The summed E-state index contributed by atoms with van der Waals surface area (Å²) in [6, 6.07) is 17.0. The fourth-order valence-corrected chi connectivity index (χ4v) is 6.41. The zero-order chi connectivity index (χ0) is 28.6. The Kier molecular flexibility index (Phi) is 7.63. The Morgan fingerprint density at radius 2 is 1.75 bits per heavy atom. The summed E-state index contributed by atoms with van der Waals surface area (Å²) in [5, 5.41) is 1.92. The van der Waals surface area contributed by atoms with Gasteiger partial charge in [0.05, 0.1) is 30.0 Å². The molecule has 0 saturated heterocycles. The summed E-state index contributed by atoms with van der Waals surface area (Å²) >= 11 is 1.32. The van der Waals surface area contributed by atoms with E-state index in [1.807, 2.05) is 88.4 Å². The van der Waals surface area contributed by atoms with Gasteiger partial charge < -0.3 is 14.4 Å². The van der Waals surface area contributed by atoms with Gasteiger partial charge >= 0.3 is 0 Å². The van der Waals surface area contributed by atoms with E-state index in [9.17, 15) is 9.59 Å². The van der Waals surface area contributed by atoms with Crippen LogP contribution < -0.4 is 24.4 Å². The molecule has 2 heterocycles. The van der Waals surface area contributed by atoms with Crippen LogP contribution in [-0.2, 0) is 4.79 Å². The number of benzene rings is 3. The molecule has 0 fully saturated rings. The number of carbonyl (C=O) groups is 1. The zero-order valence-corrected chi connectivity index (χ0v) is 24.5. The average molecular weight is 556 g/mol. The monoisotopic (exact) mass is 555 g/mol. The van der Waals surface area contributed by atoms with Crippen molar-refractivity contribution in [3.63, 3.8) is 0 Å². The number of methoxy groups -OCH3 is 2. The van der Waals surface area contributed by atoms with Gasteiger partial charge in [0.25, 0.3) is 11.5 Å². The number of aromatic nitrogens is 1. The third kappa shape index (κ3) is 4.62. The van der Waals surface area contributed by atoms with Gasteiger partial charge in [0.15, 0.2) is 4.80 Å².